The Hall–Kier alpha value is -1.50. The summed E-state index contributed by atoms with van der Waals surface area (Å²) in [5, 5.41) is 0. The zero-order chi connectivity index (χ0) is 12.6. The van der Waals surface area contributed by atoms with Crippen molar-refractivity contribution < 1.29 is 9.59 Å². The lowest BCUT2D eigenvalue weighted by atomic mass is 10.4. The second-order valence-electron chi connectivity index (χ2n) is 3.20. The monoisotopic (exact) mass is 224 g/mol. The molecule has 0 fully saturated rings. The van der Waals surface area contributed by atoms with E-state index in [1.54, 1.807) is 9.80 Å². The van der Waals surface area contributed by atoms with Gasteiger partial charge in [-0.3, -0.25) is 9.59 Å². The van der Waals surface area contributed by atoms with Crippen LogP contribution in [0.2, 0.25) is 0 Å². The SMILES string of the molecule is CCN(CC)C(=O)C#CC(=O)N(CC)CC. The molecule has 0 aliphatic rings. The average Bonchev–Trinajstić information content (AvgIpc) is 2.29. The van der Waals surface area contributed by atoms with Gasteiger partial charge in [0.15, 0.2) is 0 Å². The summed E-state index contributed by atoms with van der Waals surface area (Å²) >= 11 is 0. The Labute approximate surface area is 97.6 Å². The maximum Gasteiger partial charge on any atom is 0.298 e. The van der Waals surface area contributed by atoms with Gasteiger partial charge in [-0.25, -0.2) is 0 Å². The highest BCUT2D eigenvalue weighted by atomic mass is 16.2. The standard InChI is InChI=1S/C12H20N2O2/c1-5-13(6-2)11(15)9-10-12(16)14(7-3)8-4/h5-8H2,1-4H3. The van der Waals surface area contributed by atoms with Crippen LogP contribution >= 0.6 is 0 Å². The van der Waals surface area contributed by atoms with Gasteiger partial charge in [0.1, 0.15) is 0 Å². The minimum Gasteiger partial charge on any atom is -0.332 e. The van der Waals surface area contributed by atoms with Crippen molar-refractivity contribution in [3.63, 3.8) is 0 Å². The molecule has 0 radical (unpaired) electrons. The van der Waals surface area contributed by atoms with Crippen LogP contribution in [0.5, 0.6) is 0 Å². The Morgan fingerprint density at radius 2 is 1.00 bits per heavy atom. The van der Waals surface area contributed by atoms with E-state index >= 15 is 0 Å². The Morgan fingerprint density at radius 3 is 1.19 bits per heavy atom. The molecule has 0 heterocycles. The molecule has 0 saturated heterocycles. The maximum atomic E-state index is 11.5. The molecule has 4 nitrogen and oxygen atoms in total. The lowest BCUT2D eigenvalue weighted by Gasteiger charge is -2.15. The van der Waals surface area contributed by atoms with E-state index in [1.807, 2.05) is 27.7 Å². The number of nitrogens with zero attached hydrogens (tertiary/aromatic N) is 2. The van der Waals surface area contributed by atoms with Gasteiger partial charge in [0.25, 0.3) is 11.8 Å². The van der Waals surface area contributed by atoms with Gasteiger partial charge in [0.2, 0.25) is 0 Å². The molecule has 0 atom stereocenters. The molecular weight excluding hydrogens is 204 g/mol. The molecular formula is C12H20N2O2. The first-order valence-electron chi connectivity index (χ1n) is 5.70. The van der Waals surface area contributed by atoms with E-state index in [4.69, 9.17) is 0 Å². The zero-order valence-electron chi connectivity index (χ0n) is 10.5. The smallest absolute Gasteiger partial charge is 0.298 e. The van der Waals surface area contributed by atoms with Crippen molar-refractivity contribution in [2.24, 2.45) is 0 Å². The predicted molar refractivity (Wildman–Crippen MR) is 63.6 cm³/mol. The first-order chi connectivity index (χ1) is 7.60. The highest BCUT2D eigenvalue weighted by Crippen LogP contribution is 1.89. The highest BCUT2D eigenvalue weighted by molar-refractivity contribution is 6.02. The van der Waals surface area contributed by atoms with E-state index < -0.39 is 0 Å². The number of amides is 2. The summed E-state index contributed by atoms with van der Waals surface area (Å²) in [7, 11) is 0. The van der Waals surface area contributed by atoms with Crippen molar-refractivity contribution in [1.29, 1.82) is 0 Å². The number of hydrogen-bond acceptors (Lipinski definition) is 2. The minimum atomic E-state index is -0.287. The number of carbonyl (C=O) groups excluding carboxylic acids is 2. The fourth-order valence-electron chi connectivity index (χ4n) is 1.29. The Morgan fingerprint density at radius 1 is 0.750 bits per heavy atom. The molecule has 90 valence electrons. The van der Waals surface area contributed by atoms with Gasteiger partial charge >= 0.3 is 0 Å². The van der Waals surface area contributed by atoms with Crippen molar-refractivity contribution in [3.05, 3.63) is 0 Å². The largest absolute Gasteiger partial charge is 0.332 e. The van der Waals surface area contributed by atoms with E-state index in [0.29, 0.717) is 26.2 Å². The molecule has 0 bridgehead atoms. The quantitative estimate of drug-likeness (QED) is 0.660. The van der Waals surface area contributed by atoms with Crippen molar-refractivity contribution in [2.75, 3.05) is 26.2 Å². The maximum absolute atomic E-state index is 11.5. The van der Waals surface area contributed by atoms with E-state index in [-0.39, 0.29) is 11.8 Å². The normalized spacial score (nSPS) is 9.00. The van der Waals surface area contributed by atoms with Crippen LogP contribution in [0.15, 0.2) is 0 Å². The molecule has 0 aliphatic heterocycles. The summed E-state index contributed by atoms with van der Waals surface area (Å²) < 4.78 is 0. The lowest BCUT2D eigenvalue weighted by molar-refractivity contribution is -0.126. The van der Waals surface area contributed by atoms with Crippen molar-refractivity contribution in [3.8, 4) is 11.8 Å². The lowest BCUT2D eigenvalue weighted by Crippen LogP contribution is -2.31. The summed E-state index contributed by atoms with van der Waals surface area (Å²) in [6, 6.07) is 0. The van der Waals surface area contributed by atoms with Crippen LogP contribution in [0.1, 0.15) is 27.7 Å². The fraction of sp³-hybridized carbons (Fsp3) is 0.667. The van der Waals surface area contributed by atoms with E-state index in [1.165, 1.54) is 0 Å². The van der Waals surface area contributed by atoms with Crippen LogP contribution in [0.4, 0.5) is 0 Å². The summed E-state index contributed by atoms with van der Waals surface area (Å²) in [5.41, 5.74) is 0. The van der Waals surface area contributed by atoms with Crippen molar-refractivity contribution in [1.82, 2.24) is 9.80 Å². The minimum absolute atomic E-state index is 0.287. The van der Waals surface area contributed by atoms with Gasteiger partial charge in [-0.1, -0.05) is 0 Å². The van der Waals surface area contributed by atoms with Gasteiger partial charge in [-0.15, -0.1) is 0 Å². The second-order valence-corrected chi connectivity index (χ2v) is 3.20. The molecule has 0 spiro atoms. The van der Waals surface area contributed by atoms with Gasteiger partial charge in [-0.2, -0.15) is 0 Å². The van der Waals surface area contributed by atoms with Crippen LogP contribution in [0, 0.1) is 11.8 Å². The second kappa shape index (κ2) is 7.75. The zero-order valence-corrected chi connectivity index (χ0v) is 10.5. The van der Waals surface area contributed by atoms with Crippen LogP contribution in [-0.4, -0.2) is 47.8 Å². The highest BCUT2D eigenvalue weighted by Gasteiger charge is 2.08. The molecule has 4 heteroatoms. The van der Waals surface area contributed by atoms with Gasteiger partial charge in [-0.05, 0) is 27.7 Å². The molecule has 0 aliphatic carbocycles. The Bertz CT molecular complexity index is 266. The summed E-state index contributed by atoms with van der Waals surface area (Å²) in [5.74, 6) is 4.19. The fourth-order valence-corrected chi connectivity index (χ4v) is 1.29. The van der Waals surface area contributed by atoms with Crippen LogP contribution < -0.4 is 0 Å². The predicted octanol–water partition coefficient (Wildman–Crippen LogP) is 0.727. The number of rotatable bonds is 4. The van der Waals surface area contributed by atoms with E-state index in [2.05, 4.69) is 11.8 Å². The third kappa shape index (κ3) is 4.35. The number of carbonyl (C=O) groups is 2. The number of hydrogen-bond donors (Lipinski definition) is 0. The first-order valence-corrected chi connectivity index (χ1v) is 5.70. The van der Waals surface area contributed by atoms with Crippen LogP contribution in [0.3, 0.4) is 0 Å². The Balaban J connectivity index is 4.49. The molecule has 0 aromatic heterocycles. The molecule has 0 N–H and O–H groups in total. The van der Waals surface area contributed by atoms with Crippen LogP contribution in [0.25, 0.3) is 0 Å². The molecule has 2 amide bonds. The summed E-state index contributed by atoms with van der Waals surface area (Å²) in [6.45, 7) is 10.00. The van der Waals surface area contributed by atoms with Gasteiger partial charge in [0.05, 0.1) is 0 Å². The van der Waals surface area contributed by atoms with E-state index in [0.717, 1.165) is 0 Å². The van der Waals surface area contributed by atoms with E-state index in [9.17, 15) is 9.59 Å². The topological polar surface area (TPSA) is 40.6 Å². The third-order valence-corrected chi connectivity index (χ3v) is 2.38. The van der Waals surface area contributed by atoms with Gasteiger partial charge < -0.3 is 9.80 Å². The molecule has 0 aromatic carbocycles. The Kier molecular flexibility index (Phi) is 7.02. The molecule has 16 heavy (non-hydrogen) atoms. The molecule has 0 aromatic rings. The first kappa shape index (κ1) is 14.5. The molecule has 0 saturated carbocycles. The average molecular weight is 224 g/mol. The molecule has 0 rings (SSSR count). The third-order valence-electron chi connectivity index (χ3n) is 2.38. The van der Waals surface area contributed by atoms with Crippen molar-refractivity contribution in [2.45, 2.75) is 27.7 Å². The summed E-state index contributed by atoms with van der Waals surface area (Å²) in [6.07, 6.45) is 0. The van der Waals surface area contributed by atoms with Gasteiger partial charge in [0, 0.05) is 38.0 Å². The van der Waals surface area contributed by atoms with Crippen molar-refractivity contribution >= 4 is 11.8 Å². The summed E-state index contributed by atoms with van der Waals surface area (Å²) in [4.78, 5) is 26.2. The molecule has 0 unspecified atom stereocenters. The van der Waals surface area contributed by atoms with Crippen LogP contribution in [-0.2, 0) is 9.59 Å².